The van der Waals surface area contributed by atoms with Gasteiger partial charge in [0.1, 0.15) is 11.9 Å². The van der Waals surface area contributed by atoms with Crippen LogP contribution in [0.25, 0.3) is 27.9 Å². The molecule has 0 aliphatic carbocycles. The molecule has 1 aliphatic heterocycles. The quantitative estimate of drug-likeness (QED) is 0.255. The molecule has 3 aromatic heterocycles. The van der Waals surface area contributed by atoms with E-state index in [1.165, 1.54) is 24.0 Å². The lowest BCUT2D eigenvalue weighted by molar-refractivity contribution is -0.146. The molecule has 2 atom stereocenters. The van der Waals surface area contributed by atoms with Crippen LogP contribution in [-0.2, 0) is 24.3 Å². The molecule has 0 radical (unpaired) electrons. The van der Waals surface area contributed by atoms with Gasteiger partial charge in [-0.05, 0) is 51.1 Å². The van der Waals surface area contributed by atoms with Crippen molar-refractivity contribution in [1.82, 2.24) is 23.2 Å². The number of ether oxygens (including phenoxy) is 1. The molecule has 4 heterocycles. The van der Waals surface area contributed by atoms with E-state index in [0.717, 1.165) is 16.8 Å². The number of rotatable bonds is 7. The smallest absolute Gasteiger partial charge is 0.302 e. The molecule has 1 saturated heterocycles. The second kappa shape index (κ2) is 11.1. The van der Waals surface area contributed by atoms with E-state index in [1.54, 1.807) is 41.4 Å². The lowest BCUT2D eigenvalue weighted by atomic mass is 10.1. The molecule has 1 aliphatic rings. The number of amides is 1. The highest BCUT2D eigenvalue weighted by molar-refractivity contribution is 7.90. The number of carbonyl (C=O) groups is 2. The van der Waals surface area contributed by atoms with Gasteiger partial charge in [0.05, 0.1) is 40.4 Å². The Kier molecular flexibility index (Phi) is 7.40. The average molecular weight is 615 g/mol. The van der Waals surface area contributed by atoms with E-state index in [0.29, 0.717) is 29.0 Å². The van der Waals surface area contributed by atoms with Gasteiger partial charge in [0.2, 0.25) is 5.91 Å². The van der Waals surface area contributed by atoms with E-state index in [1.807, 2.05) is 35.6 Å². The molecule has 0 unspecified atom stereocenters. The minimum Gasteiger partial charge on any atom is -0.461 e. The first-order valence-electron chi connectivity index (χ1n) is 14.5. The number of aromatic nitrogens is 4. The van der Waals surface area contributed by atoms with Gasteiger partial charge in [0, 0.05) is 43.8 Å². The number of nitrogens with zero attached hydrogens (tertiary/aromatic N) is 5. The number of nitrogens with one attached hydrogen (secondary N) is 1. The van der Waals surface area contributed by atoms with Crippen LogP contribution in [0, 0.1) is 6.92 Å². The fourth-order valence-corrected chi connectivity index (χ4v) is 7.16. The first kappa shape index (κ1) is 29.4. The Morgan fingerprint density at radius 3 is 2.34 bits per heavy atom. The van der Waals surface area contributed by atoms with Gasteiger partial charge < -0.3 is 15.0 Å². The van der Waals surface area contributed by atoms with Crippen molar-refractivity contribution in [2.24, 2.45) is 0 Å². The van der Waals surface area contributed by atoms with Gasteiger partial charge in [-0.25, -0.2) is 22.4 Å². The minimum absolute atomic E-state index is 0.145. The molecule has 12 heteroatoms. The lowest BCUT2D eigenvalue weighted by Crippen LogP contribution is -2.31. The van der Waals surface area contributed by atoms with Gasteiger partial charge in [-0.1, -0.05) is 29.8 Å². The predicted octanol–water partition coefficient (Wildman–Crippen LogP) is 4.94. The Bertz CT molecular complexity index is 1990. The van der Waals surface area contributed by atoms with Gasteiger partial charge >= 0.3 is 5.97 Å². The number of fused-ring (bicyclic) bond motifs is 3. The summed E-state index contributed by atoms with van der Waals surface area (Å²) < 4.78 is 36.0. The number of hydrogen-bond donors (Lipinski definition) is 1. The van der Waals surface area contributed by atoms with Crippen LogP contribution in [0.1, 0.15) is 51.5 Å². The topological polar surface area (TPSA) is 128 Å². The van der Waals surface area contributed by atoms with Gasteiger partial charge in [0.25, 0.3) is 10.0 Å². The second-order valence-corrected chi connectivity index (χ2v) is 13.3. The van der Waals surface area contributed by atoms with Crippen LogP contribution < -0.4 is 5.32 Å². The number of anilines is 1. The van der Waals surface area contributed by atoms with Gasteiger partial charge in [-0.3, -0.25) is 14.0 Å². The van der Waals surface area contributed by atoms with Crippen LogP contribution in [0.15, 0.2) is 71.9 Å². The van der Waals surface area contributed by atoms with E-state index >= 15 is 0 Å². The van der Waals surface area contributed by atoms with E-state index in [4.69, 9.17) is 9.72 Å². The second-order valence-electron chi connectivity index (χ2n) is 11.5. The van der Waals surface area contributed by atoms with Crippen molar-refractivity contribution < 1.29 is 22.7 Å². The standard InChI is InChI=1S/C32H34N6O5S/c1-19(2)34-24-10-8-23(9-11-24)30-29-17-33-31-27(14-15-37(31)44(41,42)26-12-6-20(3)7-13-26)38(29)32(35-30)28-16-25(43-22(5)40)18-36(28)21(4)39/h6-15,17,19,25,28,34H,16,18H2,1-5H3/t25-,28-/m1/s1. The summed E-state index contributed by atoms with van der Waals surface area (Å²) in [7, 11) is -3.95. The molecule has 2 aromatic carbocycles. The van der Waals surface area contributed by atoms with Crippen LogP contribution >= 0.6 is 0 Å². The normalized spacial score (nSPS) is 17.1. The fraction of sp³-hybridized carbons (Fsp3) is 0.312. The monoisotopic (exact) mass is 614 g/mol. The van der Waals surface area contributed by atoms with Crippen LogP contribution in [0.4, 0.5) is 5.69 Å². The Labute approximate surface area is 255 Å². The van der Waals surface area contributed by atoms with Crippen LogP contribution in [0.3, 0.4) is 0 Å². The number of imidazole rings is 1. The zero-order valence-corrected chi connectivity index (χ0v) is 26.0. The molecule has 1 amide bonds. The average Bonchev–Trinajstić information content (AvgIpc) is 3.68. The van der Waals surface area contributed by atoms with E-state index < -0.39 is 28.1 Å². The fourth-order valence-electron chi connectivity index (χ4n) is 5.86. The summed E-state index contributed by atoms with van der Waals surface area (Å²) in [5.74, 6) is -0.0769. The third-order valence-electron chi connectivity index (χ3n) is 7.78. The van der Waals surface area contributed by atoms with Crippen molar-refractivity contribution in [3.63, 3.8) is 0 Å². The Hall–Kier alpha value is -4.71. The number of benzene rings is 2. The molecule has 1 N–H and O–H groups in total. The summed E-state index contributed by atoms with van der Waals surface area (Å²) in [5.41, 5.74) is 4.78. The number of carbonyl (C=O) groups excluding carboxylic acids is 2. The van der Waals surface area contributed by atoms with Crippen molar-refractivity contribution >= 4 is 44.3 Å². The first-order chi connectivity index (χ1) is 20.9. The van der Waals surface area contributed by atoms with Gasteiger partial charge in [-0.15, -0.1) is 0 Å². The summed E-state index contributed by atoms with van der Waals surface area (Å²) in [4.78, 5) is 36.1. The molecule has 1 fully saturated rings. The minimum atomic E-state index is -3.95. The molecule has 5 aromatic rings. The van der Waals surface area contributed by atoms with Gasteiger partial charge in [0.15, 0.2) is 5.65 Å². The summed E-state index contributed by atoms with van der Waals surface area (Å²) in [6.07, 6.45) is 2.96. The summed E-state index contributed by atoms with van der Waals surface area (Å²) >= 11 is 0. The molecule has 44 heavy (non-hydrogen) atoms. The molecule has 0 spiro atoms. The highest BCUT2D eigenvalue weighted by atomic mass is 32.2. The Balaban J connectivity index is 1.56. The number of hydrogen-bond acceptors (Lipinski definition) is 8. The van der Waals surface area contributed by atoms with E-state index in [2.05, 4.69) is 24.1 Å². The van der Waals surface area contributed by atoms with Crippen LogP contribution in [0.2, 0.25) is 0 Å². The Morgan fingerprint density at radius 1 is 1.00 bits per heavy atom. The SMILES string of the molecule is CC(=O)O[C@@H]1C[C@H](c2nc(-c3ccc(NC(C)C)cc3)c3cnc4c(ccn4S(=O)(=O)c4ccc(C)cc4)n23)N(C(C)=O)C1. The predicted molar refractivity (Wildman–Crippen MR) is 167 cm³/mol. The van der Waals surface area contributed by atoms with Crippen molar-refractivity contribution in [2.75, 3.05) is 11.9 Å². The highest BCUT2D eigenvalue weighted by Crippen LogP contribution is 2.38. The molecular weight excluding hydrogens is 580 g/mol. The first-order valence-corrected chi connectivity index (χ1v) is 15.9. The van der Waals surface area contributed by atoms with Crippen LogP contribution in [-0.4, -0.2) is 62.2 Å². The molecule has 228 valence electrons. The third-order valence-corrected chi connectivity index (χ3v) is 9.46. The van der Waals surface area contributed by atoms with Crippen molar-refractivity contribution in [1.29, 1.82) is 0 Å². The van der Waals surface area contributed by atoms with Crippen molar-refractivity contribution in [3.8, 4) is 11.3 Å². The maximum atomic E-state index is 13.7. The van der Waals surface area contributed by atoms with Crippen molar-refractivity contribution in [3.05, 3.63) is 78.4 Å². The largest absolute Gasteiger partial charge is 0.461 e. The molecule has 6 rings (SSSR count). The molecule has 0 saturated carbocycles. The number of esters is 1. The maximum Gasteiger partial charge on any atom is 0.302 e. The zero-order valence-electron chi connectivity index (χ0n) is 25.2. The van der Waals surface area contributed by atoms with Crippen LogP contribution in [0.5, 0.6) is 0 Å². The summed E-state index contributed by atoms with van der Waals surface area (Å²) in [5, 5.41) is 3.38. The molecule has 11 nitrogen and oxygen atoms in total. The zero-order chi connectivity index (χ0) is 31.3. The lowest BCUT2D eigenvalue weighted by Gasteiger charge is -2.22. The summed E-state index contributed by atoms with van der Waals surface area (Å²) in [6.45, 7) is 9.08. The summed E-state index contributed by atoms with van der Waals surface area (Å²) in [6, 6.07) is 16.0. The van der Waals surface area contributed by atoms with Crippen molar-refractivity contribution in [2.45, 2.75) is 64.1 Å². The molecular formula is C32H34N6O5S. The number of likely N-dealkylation sites (tertiary alicyclic amines) is 1. The van der Waals surface area contributed by atoms with Gasteiger partial charge in [-0.2, -0.15) is 0 Å². The highest BCUT2D eigenvalue weighted by Gasteiger charge is 2.40. The van der Waals surface area contributed by atoms with E-state index in [-0.39, 0.29) is 29.0 Å². The number of aryl methyl sites for hydroxylation is 1. The van der Waals surface area contributed by atoms with E-state index in [9.17, 15) is 18.0 Å². The third kappa shape index (κ3) is 5.19. The molecule has 0 bridgehead atoms. The maximum absolute atomic E-state index is 13.7. The Morgan fingerprint density at radius 2 is 1.70 bits per heavy atom.